The van der Waals surface area contributed by atoms with Gasteiger partial charge >= 0.3 is 6.03 Å². The number of urea groups is 1. The van der Waals surface area contributed by atoms with E-state index in [1.165, 1.54) is 0 Å². The van der Waals surface area contributed by atoms with Crippen LogP contribution in [0.4, 0.5) is 4.79 Å². The van der Waals surface area contributed by atoms with Crippen molar-refractivity contribution < 1.29 is 14.2 Å². The topological polar surface area (TPSA) is 58.8 Å². The average Bonchev–Trinajstić information content (AvgIpc) is 3.14. The van der Waals surface area contributed by atoms with Crippen molar-refractivity contribution >= 4 is 19.5 Å². The maximum absolute atomic E-state index is 13.2. The van der Waals surface area contributed by atoms with E-state index in [0.29, 0.717) is 13.2 Å². The van der Waals surface area contributed by atoms with Crippen LogP contribution in [-0.4, -0.2) is 41.8 Å². The molecule has 2 aromatic rings. The van der Waals surface area contributed by atoms with Crippen LogP contribution in [0.25, 0.3) is 0 Å². The number of aromatic nitrogens is 1. The van der Waals surface area contributed by atoms with E-state index in [9.17, 15) is 4.79 Å². The number of piperidine rings is 1. The molecule has 2 saturated heterocycles. The molecule has 0 N–H and O–H groups in total. The fourth-order valence-electron chi connectivity index (χ4n) is 4.56. The summed E-state index contributed by atoms with van der Waals surface area (Å²) < 4.78 is 5.67. The largest absolute Gasteiger partial charge is 0.366 e. The summed E-state index contributed by atoms with van der Waals surface area (Å²) in [6.45, 7) is 7.87. The fraction of sp³-hybridized carbons (Fsp3) is 0.524. The van der Waals surface area contributed by atoms with Gasteiger partial charge in [-0.15, -0.1) is 0 Å². The molecule has 1 spiro atoms. The zero-order chi connectivity index (χ0) is 19.5. The first-order chi connectivity index (χ1) is 13.4. The lowest BCUT2D eigenvalue weighted by molar-refractivity contribution is -0.153. The second-order valence-corrected chi connectivity index (χ2v) is 14.5. The second-order valence-electron chi connectivity index (χ2n) is 9.48. The molecule has 3 heterocycles. The van der Waals surface area contributed by atoms with Crippen LogP contribution >= 0.6 is 0 Å². The molecular weight excluding hydrogens is 370 g/mol. The Labute approximate surface area is 166 Å². The maximum atomic E-state index is 13.2. The molecule has 6 nitrogen and oxygen atoms in total. The van der Waals surface area contributed by atoms with Crippen molar-refractivity contribution in [1.29, 1.82) is 0 Å². The summed E-state index contributed by atoms with van der Waals surface area (Å²) in [5.74, 6) is 0. The molecule has 3 aliphatic rings. The molecule has 1 aromatic carbocycles. The minimum atomic E-state index is -1.57. The Bertz CT molecular complexity index is 888. The number of nitrogens with zero attached hydrogens (tertiary/aromatic N) is 3. The number of carbonyl (C=O) groups is 1. The van der Waals surface area contributed by atoms with E-state index in [4.69, 9.17) is 9.36 Å². The van der Waals surface area contributed by atoms with Crippen LogP contribution in [0.15, 0.2) is 40.9 Å². The third-order valence-corrected chi connectivity index (χ3v) is 8.20. The van der Waals surface area contributed by atoms with Gasteiger partial charge in [0.25, 0.3) is 0 Å². The summed E-state index contributed by atoms with van der Waals surface area (Å²) in [5, 5.41) is 7.03. The van der Waals surface area contributed by atoms with Gasteiger partial charge < -0.3 is 9.42 Å². The Balaban J connectivity index is 1.38. The lowest BCUT2D eigenvalue weighted by atomic mass is 9.84. The zero-order valence-electron chi connectivity index (χ0n) is 16.7. The van der Waals surface area contributed by atoms with Crippen molar-refractivity contribution in [3.63, 3.8) is 0 Å². The maximum Gasteiger partial charge on any atom is 0.344 e. The van der Waals surface area contributed by atoms with Gasteiger partial charge in [-0.2, -0.15) is 5.06 Å². The quantitative estimate of drug-likeness (QED) is 0.722. The smallest absolute Gasteiger partial charge is 0.344 e. The molecular formula is C21H27N3O3Si. The lowest BCUT2D eigenvalue weighted by Crippen LogP contribution is -2.42. The normalized spacial score (nSPS) is 25.6. The molecule has 1 saturated carbocycles. The van der Waals surface area contributed by atoms with Gasteiger partial charge in [-0.3, -0.25) is 4.84 Å². The molecule has 2 atom stereocenters. The van der Waals surface area contributed by atoms with E-state index < -0.39 is 8.07 Å². The van der Waals surface area contributed by atoms with Gasteiger partial charge in [-0.1, -0.05) is 55.1 Å². The Morgan fingerprint density at radius 1 is 1.25 bits per heavy atom. The number of hydroxylamine groups is 2. The van der Waals surface area contributed by atoms with Crippen molar-refractivity contribution in [2.24, 2.45) is 5.41 Å². The molecule has 28 heavy (non-hydrogen) atoms. The molecule has 2 bridgehead atoms. The van der Waals surface area contributed by atoms with Crippen LogP contribution in [0.5, 0.6) is 0 Å². The lowest BCUT2D eigenvalue weighted by Gasteiger charge is -2.35. The first kappa shape index (κ1) is 17.9. The number of hydrogen-bond acceptors (Lipinski definition) is 4. The Morgan fingerprint density at radius 2 is 2.00 bits per heavy atom. The van der Waals surface area contributed by atoms with Crippen molar-refractivity contribution in [1.82, 2.24) is 15.1 Å². The highest BCUT2D eigenvalue weighted by Crippen LogP contribution is 2.61. The van der Waals surface area contributed by atoms with E-state index in [0.717, 1.165) is 35.9 Å². The van der Waals surface area contributed by atoms with Crippen molar-refractivity contribution in [3.05, 3.63) is 47.7 Å². The van der Waals surface area contributed by atoms with Crippen LogP contribution in [-0.2, 0) is 11.4 Å². The molecule has 1 aliphatic carbocycles. The van der Waals surface area contributed by atoms with E-state index in [1.54, 1.807) is 5.06 Å². The van der Waals surface area contributed by atoms with Gasteiger partial charge in [0, 0.05) is 12.6 Å². The van der Waals surface area contributed by atoms with Crippen molar-refractivity contribution in [2.75, 3.05) is 6.54 Å². The molecule has 2 amide bonds. The molecule has 3 fully saturated rings. The second kappa shape index (κ2) is 6.19. The molecule has 0 unspecified atom stereocenters. The minimum Gasteiger partial charge on any atom is -0.366 e. The highest BCUT2D eigenvalue weighted by atomic mass is 28.3. The van der Waals surface area contributed by atoms with E-state index in [1.807, 2.05) is 35.2 Å². The third-order valence-electron chi connectivity index (χ3n) is 6.48. The number of amides is 2. The number of carbonyl (C=O) groups excluding carboxylic acids is 1. The first-order valence-corrected chi connectivity index (χ1v) is 13.6. The standard InChI is InChI=1S/C21H27N3O3Si/c1-28(2,3)19-11-16(22-27-19)17-12-21(9-10-21)18-13-23(17)20(25)24(18)26-14-15-7-5-4-6-8-15/h4-8,11,17-18H,9-10,12-14H2,1-3H3/t17-,18+/m0/s1. The van der Waals surface area contributed by atoms with Gasteiger partial charge in [0.2, 0.25) is 0 Å². The summed E-state index contributed by atoms with van der Waals surface area (Å²) >= 11 is 0. The predicted molar refractivity (Wildman–Crippen MR) is 107 cm³/mol. The number of benzene rings is 1. The van der Waals surface area contributed by atoms with Crippen molar-refractivity contribution in [2.45, 2.75) is 57.6 Å². The van der Waals surface area contributed by atoms with Crippen molar-refractivity contribution in [3.8, 4) is 0 Å². The Hall–Kier alpha value is -2.12. The molecule has 7 heteroatoms. The van der Waals surface area contributed by atoms with E-state index in [2.05, 4.69) is 30.9 Å². The molecule has 1 aromatic heterocycles. The minimum absolute atomic E-state index is 0.00887. The number of fused-ring (bicyclic) bond motifs is 3. The van der Waals surface area contributed by atoms with Crippen LogP contribution in [0, 0.1) is 5.41 Å². The average molecular weight is 398 g/mol. The summed E-state index contributed by atoms with van der Waals surface area (Å²) in [5.41, 5.74) is 2.15. The summed E-state index contributed by atoms with van der Waals surface area (Å²) in [6, 6.07) is 12.2. The highest BCUT2D eigenvalue weighted by Gasteiger charge is 2.63. The van der Waals surface area contributed by atoms with Crippen LogP contribution in [0.1, 0.15) is 36.6 Å². The van der Waals surface area contributed by atoms with E-state index in [-0.39, 0.29) is 23.5 Å². The molecule has 148 valence electrons. The Kier molecular flexibility index (Phi) is 3.96. The number of hydrogen-bond donors (Lipinski definition) is 0. The summed E-state index contributed by atoms with van der Waals surface area (Å²) in [4.78, 5) is 21.2. The summed E-state index contributed by atoms with van der Waals surface area (Å²) in [7, 11) is -1.57. The molecule has 5 rings (SSSR count). The van der Waals surface area contributed by atoms with Crippen LogP contribution in [0.2, 0.25) is 19.6 Å². The number of rotatable bonds is 5. The van der Waals surface area contributed by atoms with Gasteiger partial charge in [0.05, 0.1) is 12.1 Å². The molecule has 2 aliphatic heterocycles. The van der Waals surface area contributed by atoms with Gasteiger partial charge in [0.1, 0.15) is 25.8 Å². The SMILES string of the molecule is C[Si](C)(C)c1cc([C@@H]2CC3(CC3)[C@H]3CN2C(=O)N3OCc2ccccc2)no1. The van der Waals surface area contributed by atoms with E-state index >= 15 is 0 Å². The molecule has 0 radical (unpaired) electrons. The fourth-order valence-corrected chi connectivity index (χ4v) is 5.46. The van der Waals surface area contributed by atoms with Gasteiger partial charge in [-0.05, 0) is 30.2 Å². The van der Waals surface area contributed by atoms with Crippen LogP contribution in [0.3, 0.4) is 0 Å². The van der Waals surface area contributed by atoms with Gasteiger partial charge in [0.15, 0.2) is 0 Å². The third kappa shape index (κ3) is 2.88. The van der Waals surface area contributed by atoms with Crippen LogP contribution < -0.4 is 5.38 Å². The Morgan fingerprint density at radius 3 is 2.64 bits per heavy atom. The summed E-state index contributed by atoms with van der Waals surface area (Å²) in [6.07, 6.45) is 3.25. The zero-order valence-corrected chi connectivity index (χ0v) is 17.7. The first-order valence-electron chi connectivity index (χ1n) is 10.1. The van der Waals surface area contributed by atoms with Gasteiger partial charge in [-0.25, -0.2) is 4.79 Å². The highest BCUT2D eigenvalue weighted by molar-refractivity contribution is 6.87. The monoisotopic (exact) mass is 397 g/mol. The predicted octanol–water partition coefficient (Wildman–Crippen LogP) is 3.68.